The molecule has 6 nitrogen and oxygen atoms in total. The van der Waals surface area contributed by atoms with E-state index in [9.17, 15) is 10.1 Å². The summed E-state index contributed by atoms with van der Waals surface area (Å²) < 4.78 is 7.02. The summed E-state index contributed by atoms with van der Waals surface area (Å²) >= 11 is 0. The van der Waals surface area contributed by atoms with Crippen LogP contribution in [0.2, 0.25) is 0 Å². The van der Waals surface area contributed by atoms with E-state index >= 15 is 0 Å². The van der Waals surface area contributed by atoms with E-state index in [-0.39, 0.29) is 11.7 Å². The van der Waals surface area contributed by atoms with Gasteiger partial charge < -0.3 is 14.9 Å². The van der Waals surface area contributed by atoms with Crippen molar-refractivity contribution in [2.75, 3.05) is 0 Å². The first-order valence-corrected chi connectivity index (χ1v) is 5.92. The molecule has 0 fully saturated rings. The van der Waals surface area contributed by atoms with Gasteiger partial charge in [0.15, 0.2) is 0 Å². The average molecular weight is 261 g/mol. The second-order valence-corrected chi connectivity index (χ2v) is 4.57. The van der Waals surface area contributed by atoms with E-state index in [0.29, 0.717) is 11.7 Å². The number of nitro groups is 1. The number of aryl methyl sites for hydroxylation is 1. The third-order valence-corrected chi connectivity index (χ3v) is 2.80. The van der Waals surface area contributed by atoms with E-state index in [0.717, 1.165) is 0 Å². The van der Waals surface area contributed by atoms with Crippen LogP contribution in [0.3, 0.4) is 0 Å². The van der Waals surface area contributed by atoms with Crippen LogP contribution in [0.4, 0.5) is 5.82 Å². The van der Waals surface area contributed by atoms with Crippen molar-refractivity contribution >= 4 is 5.82 Å². The van der Waals surface area contributed by atoms with Crippen LogP contribution in [-0.4, -0.2) is 14.5 Å². The molecule has 2 rings (SSSR count). The standard InChI is InChI=1S/C13H15N3O3/c1-9(2)10-4-6-11(7-5-10)19-13-12(16(17)18)14-8-15(13)3/h4-9H,1-3H3. The first kappa shape index (κ1) is 13.1. The Labute approximate surface area is 110 Å². The molecule has 0 bridgehead atoms. The molecule has 0 atom stereocenters. The van der Waals surface area contributed by atoms with Crippen molar-refractivity contribution in [1.82, 2.24) is 9.55 Å². The van der Waals surface area contributed by atoms with E-state index in [1.165, 1.54) is 16.5 Å². The minimum Gasteiger partial charge on any atom is -0.434 e. The Hall–Kier alpha value is -2.37. The zero-order valence-corrected chi connectivity index (χ0v) is 11.0. The molecule has 0 amide bonds. The highest BCUT2D eigenvalue weighted by molar-refractivity contribution is 5.39. The van der Waals surface area contributed by atoms with Gasteiger partial charge in [0, 0.05) is 7.05 Å². The normalized spacial score (nSPS) is 10.7. The Morgan fingerprint density at radius 3 is 2.47 bits per heavy atom. The Kier molecular flexibility index (Phi) is 3.50. The predicted molar refractivity (Wildman–Crippen MR) is 70.5 cm³/mol. The molecule has 0 N–H and O–H groups in total. The highest BCUT2D eigenvalue weighted by Gasteiger charge is 2.22. The first-order valence-electron chi connectivity index (χ1n) is 5.92. The second-order valence-electron chi connectivity index (χ2n) is 4.57. The van der Waals surface area contributed by atoms with Gasteiger partial charge in [-0.25, -0.2) is 0 Å². The fraction of sp³-hybridized carbons (Fsp3) is 0.308. The van der Waals surface area contributed by atoms with Gasteiger partial charge in [-0.2, -0.15) is 0 Å². The van der Waals surface area contributed by atoms with Crippen LogP contribution in [0.5, 0.6) is 11.6 Å². The Bertz CT molecular complexity index is 588. The van der Waals surface area contributed by atoms with Crippen molar-refractivity contribution in [1.29, 1.82) is 0 Å². The molecule has 0 aliphatic heterocycles. The maximum atomic E-state index is 10.8. The summed E-state index contributed by atoms with van der Waals surface area (Å²) in [4.78, 5) is 14.0. The molecule has 0 aliphatic carbocycles. The molecule has 100 valence electrons. The monoisotopic (exact) mass is 261 g/mol. The number of nitrogens with zero attached hydrogens (tertiary/aromatic N) is 3. The fourth-order valence-electron chi connectivity index (χ4n) is 1.68. The maximum absolute atomic E-state index is 10.8. The molecule has 2 aromatic rings. The highest BCUT2D eigenvalue weighted by Crippen LogP contribution is 2.30. The highest BCUT2D eigenvalue weighted by atomic mass is 16.6. The van der Waals surface area contributed by atoms with Gasteiger partial charge in [0.05, 0.1) is 0 Å². The third kappa shape index (κ3) is 2.73. The molecule has 0 saturated carbocycles. The Morgan fingerprint density at radius 2 is 1.95 bits per heavy atom. The summed E-state index contributed by atoms with van der Waals surface area (Å²) in [6, 6.07) is 7.49. The lowest BCUT2D eigenvalue weighted by molar-refractivity contribution is -0.390. The lowest BCUT2D eigenvalue weighted by atomic mass is 10.0. The van der Waals surface area contributed by atoms with Crippen LogP contribution in [0, 0.1) is 10.1 Å². The van der Waals surface area contributed by atoms with Crippen molar-refractivity contribution in [2.45, 2.75) is 19.8 Å². The van der Waals surface area contributed by atoms with E-state index in [4.69, 9.17) is 4.74 Å². The summed E-state index contributed by atoms with van der Waals surface area (Å²) in [7, 11) is 1.65. The number of ether oxygens (including phenoxy) is 1. The van der Waals surface area contributed by atoms with Gasteiger partial charge in [-0.05, 0) is 33.5 Å². The topological polar surface area (TPSA) is 70.2 Å². The molecular weight excluding hydrogens is 246 g/mol. The Morgan fingerprint density at radius 1 is 1.32 bits per heavy atom. The molecule has 6 heteroatoms. The number of imidazole rings is 1. The molecule has 1 aromatic carbocycles. The quantitative estimate of drug-likeness (QED) is 0.625. The largest absolute Gasteiger partial charge is 0.434 e. The van der Waals surface area contributed by atoms with E-state index in [1.54, 1.807) is 19.2 Å². The summed E-state index contributed by atoms with van der Waals surface area (Å²) in [6.45, 7) is 4.20. The molecule has 1 aromatic heterocycles. The molecule has 0 spiro atoms. The molecule has 19 heavy (non-hydrogen) atoms. The average Bonchev–Trinajstić information content (AvgIpc) is 2.72. The summed E-state index contributed by atoms with van der Waals surface area (Å²) in [6.07, 6.45) is 1.36. The molecular formula is C13H15N3O3. The number of hydrogen-bond acceptors (Lipinski definition) is 4. The zero-order chi connectivity index (χ0) is 14.0. The van der Waals surface area contributed by atoms with Crippen molar-refractivity contribution in [3.63, 3.8) is 0 Å². The number of rotatable bonds is 4. The van der Waals surface area contributed by atoms with Gasteiger partial charge in [0.25, 0.3) is 0 Å². The van der Waals surface area contributed by atoms with Gasteiger partial charge >= 0.3 is 11.7 Å². The van der Waals surface area contributed by atoms with E-state index < -0.39 is 4.92 Å². The number of benzene rings is 1. The second kappa shape index (κ2) is 5.09. The van der Waals surface area contributed by atoms with Crippen molar-refractivity contribution in [3.05, 3.63) is 46.3 Å². The van der Waals surface area contributed by atoms with Crippen LogP contribution in [0.15, 0.2) is 30.6 Å². The molecule has 0 radical (unpaired) electrons. The summed E-state index contributed by atoms with van der Waals surface area (Å²) in [5, 5.41) is 10.8. The predicted octanol–water partition coefficient (Wildman–Crippen LogP) is 3.24. The van der Waals surface area contributed by atoms with Gasteiger partial charge in [0.2, 0.25) is 6.33 Å². The van der Waals surface area contributed by atoms with Gasteiger partial charge in [-0.1, -0.05) is 26.0 Å². The maximum Gasteiger partial charge on any atom is 0.427 e. The molecule has 0 unspecified atom stereocenters. The zero-order valence-electron chi connectivity index (χ0n) is 11.0. The summed E-state index contributed by atoms with van der Waals surface area (Å²) in [5.41, 5.74) is 1.19. The third-order valence-electron chi connectivity index (χ3n) is 2.80. The van der Waals surface area contributed by atoms with Crippen LogP contribution in [0.25, 0.3) is 0 Å². The molecule has 0 saturated heterocycles. The Balaban J connectivity index is 2.26. The van der Waals surface area contributed by atoms with Gasteiger partial charge in [-0.15, -0.1) is 0 Å². The minimum atomic E-state index is -0.558. The van der Waals surface area contributed by atoms with Crippen LogP contribution < -0.4 is 4.74 Å². The van der Waals surface area contributed by atoms with Crippen LogP contribution in [-0.2, 0) is 7.05 Å². The summed E-state index contributed by atoms with van der Waals surface area (Å²) in [5.74, 6) is 0.828. The van der Waals surface area contributed by atoms with Crippen LogP contribution >= 0.6 is 0 Å². The fourth-order valence-corrected chi connectivity index (χ4v) is 1.68. The van der Waals surface area contributed by atoms with Gasteiger partial charge in [0.1, 0.15) is 5.75 Å². The first-order chi connectivity index (χ1) is 8.99. The lowest BCUT2D eigenvalue weighted by Gasteiger charge is -2.08. The van der Waals surface area contributed by atoms with E-state index in [1.807, 2.05) is 12.1 Å². The minimum absolute atomic E-state index is 0.127. The van der Waals surface area contributed by atoms with Crippen LogP contribution in [0.1, 0.15) is 25.3 Å². The lowest BCUT2D eigenvalue weighted by Crippen LogP contribution is -1.96. The smallest absolute Gasteiger partial charge is 0.427 e. The van der Waals surface area contributed by atoms with E-state index in [2.05, 4.69) is 18.8 Å². The van der Waals surface area contributed by atoms with Crippen molar-refractivity contribution in [3.8, 4) is 11.6 Å². The molecule has 0 aliphatic rings. The SMILES string of the molecule is CC(C)c1ccc(Oc2c([N+](=O)[O-])ncn2C)cc1. The van der Waals surface area contributed by atoms with Crippen molar-refractivity contribution < 1.29 is 9.66 Å². The van der Waals surface area contributed by atoms with Gasteiger partial charge in [-0.3, -0.25) is 4.57 Å². The number of hydrogen-bond donors (Lipinski definition) is 0. The molecule has 1 heterocycles. The number of aromatic nitrogens is 2. The van der Waals surface area contributed by atoms with Crippen molar-refractivity contribution in [2.24, 2.45) is 7.05 Å².